The number of thioether (sulfide) groups is 1. The van der Waals surface area contributed by atoms with Gasteiger partial charge in [0.15, 0.2) is 0 Å². The molecule has 0 unspecified atom stereocenters. The van der Waals surface area contributed by atoms with Crippen LogP contribution in [0.15, 0.2) is 11.2 Å². The number of hydrogen-bond donors (Lipinski definition) is 2. The SMILES string of the molecule is O=C(CSc1cn[nH]n1)NCCC12CC3CC(CC(C3)C1)C2. The van der Waals surface area contributed by atoms with Crippen LogP contribution in [0.3, 0.4) is 0 Å². The van der Waals surface area contributed by atoms with Crippen LogP contribution in [0.5, 0.6) is 0 Å². The summed E-state index contributed by atoms with van der Waals surface area (Å²) in [6.07, 6.45) is 11.5. The Morgan fingerprint density at radius 3 is 2.55 bits per heavy atom. The molecule has 4 fully saturated rings. The molecule has 4 aliphatic rings. The molecule has 22 heavy (non-hydrogen) atoms. The minimum atomic E-state index is 0.109. The van der Waals surface area contributed by atoms with E-state index in [-0.39, 0.29) is 5.91 Å². The summed E-state index contributed by atoms with van der Waals surface area (Å²) in [4.78, 5) is 11.9. The van der Waals surface area contributed by atoms with Crippen LogP contribution in [0.25, 0.3) is 0 Å². The normalized spacial score (nSPS) is 35.7. The second kappa shape index (κ2) is 5.87. The van der Waals surface area contributed by atoms with Gasteiger partial charge in [0.25, 0.3) is 0 Å². The molecule has 0 saturated heterocycles. The number of aromatic amines is 1. The third kappa shape index (κ3) is 3.03. The van der Waals surface area contributed by atoms with Crippen LogP contribution in [-0.2, 0) is 4.79 Å². The number of carbonyl (C=O) groups is 1. The second-order valence-corrected chi connectivity index (χ2v) is 8.61. The molecule has 5 rings (SSSR count). The lowest BCUT2D eigenvalue weighted by molar-refractivity contribution is -0.119. The molecule has 1 aromatic heterocycles. The fourth-order valence-corrected chi connectivity index (χ4v) is 6.13. The first-order valence-electron chi connectivity index (χ1n) is 8.46. The fraction of sp³-hybridized carbons (Fsp3) is 0.812. The predicted octanol–water partition coefficient (Wildman–Crippen LogP) is 2.62. The van der Waals surface area contributed by atoms with Gasteiger partial charge in [-0.25, -0.2) is 0 Å². The molecule has 5 nitrogen and oxygen atoms in total. The zero-order chi connectivity index (χ0) is 15.0. The standard InChI is InChI=1S/C16H24N4OS/c21-14(10-22-15-9-18-20-19-15)17-2-1-16-6-11-3-12(7-16)5-13(4-11)8-16/h9,11-13H,1-8,10H2,(H,17,21)(H,18,19,20). The topological polar surface area (TPSA) is 70.7 Å². The molecule has 0 aliphatic heterocycles. The summed E-state index contributed by atoms with van der Waals surface area (Å²) < 4.78 is 0. The lowest BCUT2D eigenvalue weighted by Crippen LogP contribution is -2.47. The summed E-state index contributed by atoms with van der Waals surface area (Å²) in [6, 6.07) is 0. The van der Waals surface area contributed by atoms with Crippen LogP contribution < -0.4 is 5.32 Å². The summed E-state index contributed by atoms with van der Waals surface area (Å²) in [7, 11) is 0. The van der Waals surface area contributed by atoms with Gasteiger partial charge in [-0.2, -0.15) is 10.3 Å². The summed E-state index contributed by atoms with van der Waals surface area (Å²) in [5.41, 5.74) is 0.557. The first-order chi connectivity index (χ1) is 10.7. The maximum atomic E-state index is 11.9. The molecule has 4 saturated carbocycles. The van der Waals surface area contributed by atoms with E-state index in [1.807, 2.05) is 0 Å². The van der Waals surface area contributed by atoms with Gasteiger partial charge in [-0.1, -0.05) is 11.8 Å². The molecule has 1 amide bonds. The molecule has 0 radical (unpaired) electrons. The minimum Gasteiger partial charge on any atom is -0.355 e. The van der Waals surface area contributed by atoms with E-state index in [1.165, 1.54) is 56.7 Å². The Kier molecular flexibility index (Phi) is 3.88. The van der Waals surface area contributed by atoms with Crippen molar-refractivity contribution in [1.82, 2.24) is 20.7 Å². The Bertz CT molecular complexity index is 495. The van der Waals surface area contributed by atoms with Crippen LogP contribution in [-0.4, -0.2) is 33.6 Å². The van der Waals surface area contributed by atoms with Crippen molar-refractivity contribution in [2.75, 3.05) is 12.3 Å². The van der Waals surface area contributed by atoms with Gasteiger partial charge in [0.1, 0.15) is 5.03 Å². The molecule has 120 valence electrons. The number of nitrogens with zero attached hydrogens (tertiary/aromatic N) is 2. The number of hydrogen-bond acceptors (Lipinski definition) is 4. The summed E-state index contributed by atoms with van der Waals surface area (Å²) in [5, 5.41) is 14.1. The monoisotopic (exact) mass is 320 g/mol. The van der Waals surface area contributed by atoms with Gasteiger partial charge in [0, 0.05) is 6.54 Å². The minimum absolute atomic E-state index is 0.109. The number of carbonyl (C=O) groups excluding carboxylic acids is 1. The van der Waals surface area contributed by atoms with Crippen molar-refractivity contribution in [2.24, 2.45) is 23.2 Å². The molecule has 4 aliphatic carbocycles. The third-order valence-corrected chi connectivity index (χ3v) is 6.79. The van der Waals surface area contributed by atoms with E-state index in [2.05, 4.69) is 20.7 Å². The Hall–Kier alpha value is -1.04. The van der Waals surface area contributed by atoms with Crippen molar-refractivity contribution in [3.63, 3.8) is 0 Å². The molecule has 1 heterocycles. The van der Waals surface area contributed by atoms with Crippen LogP contribution in [0.2, 0.25) is 0 Å². The van der Waals surface area contributed by atoms with E-state index < -0.39 is 0 Å². The van der Waals surface area contributed by atoms with E-state index in [0.29, 0.717) is 11.2 Å². The summed E-state index contributed by atoms with van der Waals surface area (Å²) in [6.45, 7) is 0.838. The lowest BCUT2D eigenvalue weighted by Gasteiger charge is -2.57. The Labute approximate surface area is 135 Å². The zero-order valence-electron chi connectivity index (χ0n) is 12.9. The van der Waals surface area contributed by atoms with Gasteiger partial charge in [-0.3, -0.25) is 4.79 Å². The van der Waals surface area contributed by atoms with Gasteiger partial charge in [-0.05, 0) is 68.1 Å². The van der Waals surface area contributed by atoms with Crippen molar-refractivity contribution >= 4 is 17.7 Å². The van der Waals surface area contributed by atoms with Gasteiger partial charge in [0.2, 0.25) is 5.91 Å². The van der Waals surface area contributed by atoms with Crippen molar-refractivity contribution in [2.45, 2.75) is 50.0 Å². The van der Waals surface area contributed by atoms with Crippen molar-refractivity contribution in [1.29, 1.82) is 0 Å². The molecule has 6 heteroatoms. The highest BCUT2D eigenvalue weighted by Gasteiger charge is 2.50. The highest BCUT2D eigenvalue weighted by Crippen LogP contribution is 2.61. The number of H-pyrrole nitrogens is 1. The van der Waals surface area contributed by atoms with Crippen LogP contribution in [0.1, 0.15) is 44.9 Å². The molecule has 0 atom stereocenters. The smallest absolute Gasteiger partial charge is 0.230 e. The molecule has 2 N–H and O–H groups in total. The molecular weight excluding hydrogens is 296 g/mol. The number of nitrogens with one attached hydrogen (secondary N) is 2. The van der Waals surface area contributed by atoms with Crippen LogP contribution >= 0.6 is 11.8 Å². The Morgan fingerprint density at radius 1 is 1.27 bits per heavy atom. The maximum absolute atomic E-state index is 11.9. The third-order valence-electron chi connectivity index (χ3n) is 5.89. The van der Waals surface area contributed by atoms with E-state index in [1.54, 1.807) is 6.20 Å². The van der Waals surface area contributed by atoms with E-state index in [4.69, 9.17) is 0 Å². The van der Waals surface area contributed by atoms with Crippen molar-refractivity contribution in [3.8, 4) is 0 Å². The maximum Gasteiger partial charge on any atom is 0.230 e. The Balaban J connectivity index is 1.22. The zero-order valence-corrected chi connectivity index (χ0v) is 13.7. The largest absolute Gasteiger partial charge is 0.355 e. The first kappa shape index (κ1) is 14.5. The Morgan fingerprint density at radius 2 is 1.95 bits per heavy atom. The van der Waals surface area contributed by atoms with Gasteiger partial charge in [0.05, 0.1) is 11.9 Å². The molecule has 1 aromatic rings. The molecular formula is C16H24N4OS. The number of amides is 1. The molecule has 0 spiro atoms. The second-order valence-electron chi connectivity index (χ2n) is 7.61. The first-order valence-corrected chi connectivity index (χ1v) is 9.45. The molecule has 0 aromatic carbocycles. The average Bonchev–Trinajstić information content (AvgIpc) is 2.96. The van der Waals surface area contributed by atoms with Crippen LogP contribution in [0, 0.1) is 23.2 Å². The quantitative estimate of drug-likeness (QED) is 0.791. The number of rotatable bonds is 6. The fourth-order valence-electron chi connectivity index (χ4n) is 5.51. The summed E-state index contributed by atoms with van der Waals surface area (Å²) >= 11 is 1.43. The van der Waals surface area contributed by atoms with E-state index in [0.717, 1.165) is 29.3 Å². The van der Waals surface area contributed by atoms with Gasteiger partial charge in [-0.15, -0.1) is 5.10 Å². The van der Waals surface area contributed by atoms with Gasteiger partial charge < -0.3 is 5.32 Å². The highest BCUT2D eigenvalue weighted by atomic mass is 32.2. The predicted molar refractivity (Wildman–Crippen MR) is 85.3 cm³/mol. The molecule has 4 bridgehead atoms. The van der Waals surface area contributed by atoms with Crippen molar-refractivity contribution in [3.05, 3.63) is 6.20 Å². The lowest BCUT2D eigenvalue weighted by atomic mass is 9.49. The highest BCUT2D eigenvalue weighted by molar-refractivity contribution is 7.99. The van der Waals surface area contributed by atoms with Crippen LogP contribution in [0.4, 0.5) is 0 Å². The van der Waals surface area contributed by atoms with E-state index in [9.17, 15) is 4.79 Å². The number of aromatic nitrogens is 3. The summed E-state index contributed by atoms with van der Waals surface area (Å²) in [5.74, 6) is 3.50. The van der Waals surface area contributed by atoms with Gasteiger partial charge >= 0.3 is 0 Å². The van der Waals surface area contributed by atoms with E-state index >= 15 is 0 Å². The average molecular weight is 320 g/mol. The van der Waals surface area contributed by atoms with Crippen molar-refractivity contribution < 1.29 is 4.79 Å².